The summed E-state index contributed by atoms with van der Waals surface area (Å²) in [6, 6.07) is 8.71. The summed E-state index contributed by atoms with van der Waals surface area (Å²) in [5, 5.41) is 0. The lowest BCUT2D eigenvalue weighted by Crippen LogP contribution is -2.46. The van der Waals surface area contributed by atoms with Gasteiger partial charge in [0.1, 0.15) is 0 Å². The predicted octanol–water partition coefficient (Wildman–Crippen LogP) is 4.18. The average molecular weight is 362 g/mol. The molecule has 20 heavy (non-hydrogen) atoms. The van der Waals surface area contributed by atoms with E-state index in [-0.39, 0.29) is 12.4 Å². The van der Waals surface area contributed by atoms with E-state index < -0.39 is 0 Å². The van der Waals surface area contributed by atoms with E-state index in [0.717, 1.165) is 11.0 Å². The van der Waals surface area contributed by atoms with Gasteiger partial charge in [0, 0.05) is 37.2 Å². The van der Waals surface area contributed by atoms with Gasteiger partial charge in [-0.1, -0.05) is 47.8 Å². The standard InChI is InChI=1S/C16H25BrN2.ClH/c1-2-3-4-9-18-10-12-19(13-11-18)14-15-5-7-16(17)8-6-15;/h5-8H,2-4,9-14H2,1H3;1H. The Balaban J connectivity index is 0.00000200. The highest BCUT2D eigenvalue weighted by Crippen LogP contribution is 2.13. The molecule has 0 amide bonds. The van der Waals surface area contributed by atoms with E-state index in [4.69, 9.17) is 0 Å². The van der Waals surface area contributed by atoms with Gasteiger partial charge in [0.2, 0.25) is 0 Å². The van der Waals surface area contributed by atoms with E-state index in [1.165, 1.54) is 57.5 Å². The van der Waals surface area contributed by atoms with Crippen LogP contribution in [0.4, 0.5) is 0 Å². The first-order chi connectivity index (χ1) is 9.28. The first-order valence-corrected chi connectivity index (χ1v) is 8.26. The highest BCUT2D eigenvalue weighted by atomic mass is 79.9. The molecule has 2 nitrogen and oxygen atoms in total. The molecule has 1 aromatic carbocycles. The quantitative estimate of drug-likeness (QED) is 0.701. The summed E-state index contributed by atoms with van der Waals surface area (Å²) in [6.07, 6.45) is 4.06. The van der Waals surface area contributed by atoms with Crippen LogP contribution in [-0.4, -0.2) is 42.5 Å². The maximum Gasteiger partial charge on any atom is 0.0234 e. The van der Waals surface area contributed by atoms with Crippen molar-refractivity contribution in [1.82, 2.24) is 9.80 Å². The number of benzene rings is 1. The Hall–Kier alpha value is -0.0900. The molecule has 0 aromatic heterocycles. The summed E-state index contributed by atoms with van der Waals surface area (Å²) in [4.78, 5) is 5.19. The zero-order valence-corrected chi connectivity index (χ0v) is 14.8. The number of hydrogen-bond donors (Lipinski definition) is 0. The molecule has 1 fully saturated rings. The molecule has 114 valence electrons. The Labute approximate surface area is 138 Å². The molecule has 1 heterocycles. The molecule has 4 heteroatoms. The van der Waals surface area contributed by atoms with E-state index in [2.05, 4.69) is 56.9 Å². The Bertz CT molecular complexity index is 361. The van der Waals surface area contributed by atoms with Gasteiger partial charge in [0.25, 0.3) is 0 Å². The summed E-state index contributed by atoms with van der Waals surface area (Å²) in [5.74, 6) is 0. The number of nitrogens with zero attached hydrogens (tertiary/aromatic N) is 2. The van der Waals surface area contributed by atoms with Gasteiger partial charge < -0.3 is 4.90 Å². The third-order valence-electron chi connectivity index (χ3n) is 3.86. The number of piperazine rings is 1. The molecule has 2 rings (SSSR count). The summed E-state index contributed by atoms with van der Waals surface area (Å²) >= 11 is 3.49. The molecule has 1 aromatic rings. The van der Waals surface area contributed by atoms with E-state index in [0.29, 0.717) is 0 Å². The van der Waals surface area contributed by atoms with Crippen LogP contribution in [0.25, 0.3) is 0 Å². The summed E-state index contributed by atoms with van der Waals surface area (Å²) in [7, 11) is 0. The number of unbranched alkanes of at least 4 members (excludes halogenated alkanes) is 2. The van der Waals surface area contributed by atoms with Crippen LogP contribution in [0.3, 0.4) is 0 Å². The Morgan fingerprint density at radius 1 is 0.950 bits per heavy atom. The zero-order valence-electron chi connectivity index (χ0n) is 12.4. The van der Waals surface area contributed by atoms with Crippen LogP contribution in [0, 0.1) is 0 Å². The lowest BCUT2D eigenvalue weighted by atomic mass is 10.2. The maximum absolute atomic E-state index is 3.49. The van der Waals surface area contributed by atoms with E-state index in [1.54, 1.807) is 0 Å². The van der Waals surface area contributed by atoms with Crippen LogP contribution in [-0.2, 0) is 6.54 Å². The zero-order chi connectivity index (χ0) is 13.5. The highest BCUT2D eigenvalue weighted by Gasteiger charge is 2.16. The first-order valence-electron chi connectivity index (χ1n) is 7.47. The molecule has 0 aliphatic carbocycles. The molecule has 0 radical (unpaired) electrons. The minimum absolute atomic E-state index is 0. The van der Waals surface area contributed by atoms with E-state index >= 15 is 0 Å². The van der Waals surface area contributed by atoms with Gasteiger partial charge in [0.15, 0.2) is 0 Å². The monoisotopic (exact) mass is 360 g/mol. The van der Waals surface area contributed by atoms with Crippen molar-refractivity contribution in [3.8, 4) is 0 Å². The first kappa shape index (κ1) is 18.0. The average Bonchev–Trinajstić information content (AvgIpc) is 2.44. The van der Waals surface area contributed by atoms with Gasteiger partial charge in [-0.15, -0.1) is 12.4 Å². The topological polar surface area (TPSA) is 6.48 Å². The van der Waals surface area contributed by atoms with Crippen molar-refractivity contribution >= 4 is 28.3 Å². The van der Waals surface area contributed by atoms with Gasteiger partial charge in [-0.25, -0.2) is 0 Å². The molecule has 0 atom stereocenters. The van der Waals surface area contributed by atoms with Crippen LogP contribution in [0.2, 0.25) is 0 Å². The smallest absolute Gasteiger partial charge is 0.0234 e. The van der Waals surface area contributed by atoms with Crippen molar-refractivity contribution in [1.29, 1.82) is 0 Å². The van der Waals surface area contributed by atoms with Crippen LogP contribution in [0.1, 0.15) is 31.7 Å². The van der Waals surface area contributed by atoms with Gasteiger partial charge >= 0.3 is 0 Å². The summed E-state index contributed by atoms with van der Waals surface area (Å²) < 4.78 is 1.16. The molecule has 0 bridgehead atoms. The van der Waals surface area contributed by atoms with Gasteiger partial charge in [-0.2, -0.15) is 0 Å². The molecule has 0 unspecified atom stereocenters. The van der Waals surface area contributed by atoms with Crippen LogP contribution < -0.4 is 0 Å². The van der Waals surface area contributed by atoms with Crippen molar-refractivity contribution in [2.75, 3.05) is 32.7 Å². The van der Waals surface area contributed by atoms with Crippen LogP contribution in [0.5, 0.6) is 0 Å². The fraction of sp³-hybridized carbons (Fsp3) is 0.625. The second-order valence-electron chi connectivity index (χ2n) is 5.45. The molecular weight excluding hydrogens is 336 g/mol. The second-order valence-corrected chi connectivity index (χ2v) is 6.37. The minimum atomic E-state index is 0. The van der Waals surface area contributed by atoms with Crippen molar-refractivity contribution in [2.24, 2.45) is 0 Å². The Morgan fingerprint density at radius 3 is 2.15 bits per heavy atom. The minimum Gasteiger partial charge on any atom is -0.301 e. The Morgan fingerprint density at radius 2 is 1.55 bits per heavy atom. The lowest BCUT2D eigenvalue weighted by Gasteiger charge is -2.34. The molecule has 0 N–H and O–H groups in total. The molecule has 1 aliphatic heterocycles. The van der Waals surface area contributed by atoms with Crippen molar-refractivity contribution in [2.45, 2.75) is 32.7 Å². The normalized spacial score (nSPS) is 16.9. The third-order valence-corrected chi connectivity index (χ3v) is 4.39. The molecule has 0 saturated carbocycles. The Kier molecular flexibility index (Phi) is 8.78. The van der Waals surface area contributed by atoms with Gasteiger partial charge in [0.05, 0.1) is 0 Å². The molecule has 1 saturated heterocycles. The van der Waals surface area contributed by atoms with Gasteiger partial charge in [-0.05, 0) is 30.7 Å². The lowest BCUT2D eigenvalue weighted by molar-refractivity contribution is 0.125. The van der Waals surface area contributed by atoms with E-state index in [9.17, 15) is 0 Å². The fourth-order valence-corrected chi connectivity index (χ4v) is 2.87. The predicted molar refractivity (Wildman–Crippen MR) is 92.6 cm³/mol. The fourth-order valence-electron chi connectivity index (χ4n) is 2.60. The van der Waals surface area contributed by atoms with Crippen molar-refractivity contribution in [3.63, 3.8) is 0 Å². The number of halogens is 2. The number of hydrogen-bond acceptors (Lipinski definition) is 2. The van der Waals surface area contributed by atoms with E-state index in [1.807, 2.05) is 0 Å². The maximum atomic E-state index is 3.49. The summed E-state index contributed by atoms with van der Waals surface area (Å²) in [6.45, 7) is 9.55. The SMILES string of the molecule is CCCCCN1CCN(Cc2ccc(Br)cc2)CC1.Cl. The molecule has 1 aliphatic rings. The van der Waals surface area contributed by atoms with Crippen LogP contribution >= 0.6 is 28.3 Å². The second kappa shape index (κ2) is 9.78. The van der Waals surface area contributed by atoms with Crippen LogP contribution in [0.15, 0.2) is 28.7 Å². The molecular formula is C16H26BrClN2. The highest BCUT2D eigenvalue weighted by molar-refractivity contribution is 9.10. The van der Waals surface area contributed by atoms with Gasteiger partial charge in [-0.3, -0.25) is 4.90 Å². The summed E-state index contributed by atoms with van der Waals surface area (Å²) in [5.41, 5.74) is 1.42. The largest absolute Gasteiger partial charge is 0.301 e. The third kappa shape index (κ3) is 6.13. The van der Waals surface area contributed by atoms with Crippen molar-refractivity contribution in [3.05, 3.63) is 34.3 Å². The molecule has 0 spiro atoms. The number of rotatable bonds is 6. The van der Waals surface area contributed by atoms with Crippen molar-refractivity contribution < 1.29 is 0 Å².